The largest absolute Gasteiger partial charge is 0.496 e. The van der Waals surface area contributed by atoms with Gasteiger partial charge < -0.3 is 25.4 Å². The molecule has 4 N–H and O–H groups in total. The Morgan fingerprint density at radius 2 is 1.89 bits per heavy atom. The molecule has 6 nitrogen and oxygen atoms in total. The topological polar surface area (TPSA) is 99.0 Å². The number of aliphatic hydroxyl groups is 3. The molecule has 0 saturated heterocycles. The summed E-state index contributed by atoms with van der Waals surface area (Å²) in [5, 5.41) is 29.5. The van der Waals surface area contributed by atoms with Crippen LogP contribution in [0.4, 0.5) is 4.39 Å². The SMILES string of the molecule is COc1cccc(F)c1C(=O)NC(CO)(CO)CO. The molecule has 0 aliphatic carbocycles. The lowest BCUT2D eigenvalue weighted by molar-refractivity contribution is 0.0372. The molecule has 7 heteroatoms. The molecule has 106 valence electrons. The first-order valence-corrected chi connectivity index (χ1v) is 5.51. The summed E-state index contributed by atoms with van der Waals surface area (Å²) in [4.78, 5) is 12.0. The van der Waals surface area contributed by atoms with E-state index in [2.05, 4.69) is 5.32 Å². The summed E-state index contributed by atoms with van der Waals surface area (Å²) in [6.07, 6.45) is 0. The number of hydrogen-bond acceptors (Lipinski definition) is 5. The molecule has 0 bridgehead atoms. The molecule has 0 spiro atoms. The molecule has 1 aromatic carbocycles. The van der Waals surface area contributed by atoms with Gasteiger partial charge in [0.1, 0.15) is 22.7 Å². The third-order valence-corrected chi connectivity index (χ3v) is 2.71. The molecule has 0 atom stereocenters. The van der Waals surface area contributed by atoms with Crippen LogP contribution in [0.3, 0.4) is 0 Å². The number of carbonyl (C=O) groups is 1. The van der Waals surface area contributed by atoms with E-state index < -0.39 is 37.1 Å². The standard InChI is InChI=1S/C12H16FNO5/c1-19-9-4-2-3-8(13)10(9)11(18)14-12(5-15,6-16)7-17/h2-4,15-17H,5-7H2,1H3,(H,14,18). The molecule has 1 amide bonds. The Hall–Kier alpha value is -1.70. The number of rotatable bonds is 6. The number of amides is 1. The van der Waals surface area contributed by atoms with E-state index in [9.17, 15) is 9.18 Å². The summed E-state index contributed by atoms with van der Waals surface area (Å²) in [6, 6.07) is 3.86. The molecule has 0 saturated carbocycles. The van der Waals surface area contributed by atoms with Crippen LogP contribution in [0.15, 0.2) is 18.2 Å². The van der Waals surface area contributed by atoms with E-state index in [-0.39, 0.29) is 11.3 Å². The number of carbonyl (C=O) groups excluding carboxylic acids is 1. The van der Waals surface area contributed by atoms with Gasteiger partial charge in [0.15, 0.2) is 0 Å². The van der Waals surface area contributed by atoms with Crippen molar-refractivity contribution in [3.8, 4) is 5.75 Å². The maximum absolute atomic E-state index is 13.6. The minimum absolute atomic E-state index is 0.0141. The third kappa shape index (κ3) is 3.19. The van der Waals surface area contributed by atoms with Crippen LogP contribution in [-0.2, 0) is 0 Å². The summed E-state index contributed by atoms with van der Waals surface area (Å²) < 4.78 is 18.5. The third-order valence-electron chi connectivity index (χ3n) is 2.71. The van der Waals surface area contributed by atoms with Crippen LogP contribution in [0.2, 0.25) is 0 Å². The number of nitrogens with one attached hydrogen (secondary N) is 1. The van der Waals surface area contributed by atoms with Gasteiger partial charge in [0.25, 0.3) is 5.91 Å². The predicted octanol–water partition coefficient (Wildman–Crippen LogP) is -0.720. The van der Waals surface area contributed by atoms with Crippen molar-refractivity contribution in [1.82, 2.24) is 5.32 Å². The quantitative estimate of drug-likeness (QED) is 0.548. The van der Waals surface area contributed by atoms with Crippen molar-refractivity contribution in [2.45, 2.75) is 5.54 Å². The number of benzene rings is 1. The molecular weight excluding hydrogens is 257 g/mol. The van der Waals surface area contributed by atoms with Crippen molar-refractivity contribution in [3.05, 3.63) is 29.6 Å². The van der Waals surface area contributed by atoms with Gasteiger partial charge in [-0.1, -0.05) is 6.07 Å². The van der Waals surface area contributed by atoms with E-state index >= 15 is 0 Å². The van der Waals surface area contributed by atoms with Crippen LogP contribution in [0, 0.1) is 5.82 Å². The average Bonchev–Trinajstić information content (AvgIpc) is 2.44. The maximum atomic E-state index is 13.6. The number of ether oxygens (including phenoxy) is 1. The number of hydrogen-bond donors (Lipinski definition) is 4. The fraction of sp³-hybridized carbons (Fsp3) is 0.417. The zero-order valence-corrected chi connectivity index (χ0v) is 10.4. The lowest BCUT2D eigenvalue weighted by atomic mass is 10.0. The van der Waals surface area contributed by atoms with Crippen molar-refractivity contribution in [2.24, 2.45) is 0 Å². The minimum atomic E-state index is -1.62. The summed E-state index contributed by atoms with van der Waals surface area (Å²) in [7, 11) is 1.28. The van der Waals surface area contributed by atoms with Crippen LogP contribution >= 0.6 is 0 Å². The van der Waals surface area contributed by atoms with Gasteiger partial charge in [-0.2, -0.15) is 0 Å². The van der Waals surface area contributed by atoms with Crippen molar-refractivity contribution in [2.75, 3.05) is 26.9 Å². The van der Waals surface area contributed by atoms with Gasteiger partial charge in [0, 0.05) is 0 Å². The monoisotopic (exact) mass is 273 g/mol. The predicted molar refractivity (Wildman–Crippen MR) is 64.4 cm³/mol. The molecule has 1 rings (SSSR count). The van der Waals surface area contributed by atoms with Crippen LogP contribution < -0.4 is 10.1 Å². The molecule has 0 unspecified atom stereocenters. The fourth-order valence-corrected chi connectivity index (χ4v) is 1.47. The summed E-state index contributed by atoms with van der Waals surface area (Å²) in [5.74, 6) is -1.69. The molecule has 0 heterocycles. The molecule has 0 fully saturated rings. The molecule has 0 aliphatic heterocycles. The first-order valence-electron chi connectivity index (χ1n) is 5.51. The van der Waals surface area contributed by atoms with Gasteiger partial charge in [-0.15, -0.1) is 0 Å². The van der Waals surface area contributed by atoms with E-state index in [1.165, 1.54) is 19.2 Å². The van der Waals surface area contributed by atoms with E-state index in [1.54, 1.807) is 0 Å². The Kier molecular flexibility index (Phi) is 5.22. The second-order valence-corrected chi connectivity index (χ2v) is 4.03. The second kappa shape index (κ2) is 6.46. The summed E-state index contributed by atoms with van der Waals surface area (Å²) in [6.45, 7) is -2.08. The first kappa shape index (κ1) is 15.4. The lowest BCUT2D eigenvalue weighted by Crippen LogP contribution is -2.57. The van der Waals surface area contributed by atoms with Crippen molar-refractivity contribution in [3.63, 3.8) is 0 Å². The Bertz CT molecular complexity index is 439. The molecule has 19 heavy (non-hydrogen) atoms. The van der Waals surface area contributed by atoms with Gasteiger partial charge in [-0.3, -0.25) is 4.79 Å². The van der Waals surface area contributed by atoms with Crippen molar-refractivity contribution in [1.29, 1.82) is 0 Å². The highest BCUT2D eigenvalue weighted by Gasteiger charge is 2.32. The molecular formula is C12H16FNO5. The molecule has 0 aliphatic rings. The van der Waals surface area contributed by atoms with E-state index in [1.807, 2.05) is 0 Å². The van der Waals surface area contributed by atoms with Gasteiger partial charge in [0.2, 0.25) is 0 Å². The highest BCUT2D eigenvalue weighted by molar-refractivity contribution is 5.97. The maximum Gasteiger partial charge on any atom is 0.258 e. The highest BCUT2D eigenvalue weighted by atomic mass is 19.1. The van der Waals surface area contributed by atoms with Crippen LogP contribution in [0.5, 0.6) is 5.75 Å². The lowest BCUT2D eigenvalue weighted by Gasteiger charge is -2.28. The van der Waals surface area contributed by atoms with Gasteiger partial charge in [0.05, 0.1) is 26.9 Å². The Morgan fingerprint density at radius 3 is 2.37 bits per heavy atom. The zero-order valence-electron chi connectivity index (χ0n) is 10.4. The van der Waals surface area contributed by atoms with Crippen LogP contribution in [0.1, 0.15) is 10.4 Å². The molecule has 0 radical (unpaired) electrons. The highest BCUT2D eigenvalue weighted by Crippen LogP contribution is 2.21. The van der Waals surface area contributed by atoms with Crippen molar-refractivity contribution >= 4 is 5.91 Å². The van der Waals surface area contributed by atoms with E-state index in [4.69, 9.17) is 20.1 Å². The normalized spacial score (nSPS) is 11.2. The molecule has 0 aromatic heterocycles. The number of halogens is 1. The summed E-state index contributed by atoms with van der Waals surface area (Å²) >= 11 is 0. The van der Waals surface area contributed by atoms with E-state index in [0.717, 1.165) is 6.07 Å². The Labute approximate surface area is 109 Å². The molecule has 1 aromatic rings. The van der Waals surface area contributed by atoms with Gasteiger partial charge >= 0.3 is 0 Å². The van der Waals surface area contributed by atoms with Crippen LogP contribution in [-0.4, -0.2) is 53.7 Å². The smallest absolute Gasteiger partial charge is 0.258 e. The van der Waals surface area contributed by atoms with Crippen molar-refractivity contribution < 1.29 is 29.2 Å². The van der Waals surface area contributed by atoms with Crippen LogP contribution in [0.25, 0.3) is 0 Å². The first-order chi connectivity index (χ1) is 9.03. The minimum Gasteiger partial charge on any atom is -0.496 e. The summed E-state index contributed by atoms with van der Waals surface area (Å²) in [5.41, 5.74) is -1.98. The number of aliphatic hydroxyl groups excluding tert-OH is 3. The van der Waals surface area contributed by atoms with Gasteiger partial charge in [-0.05, 0) is 12.1 Å². The Balaban J connectivity index is 3.07. The second-order valence-electron chi connectivity index (χ2n) is 4.03. The average molecular weight is 273 g/mol. The zero-order chi connectivity index (χ0) is 14.5. The van der Waals surface area contributed by atoms with E-state index in [0.29, 0.717) is 0 Å². The fourth-order valence-electron chi connectivity index (χ4n) is 1.47. The number of methoxy groups -OCH3 is 1. The van der Waals surface area contributed by atoms with Gasteiger partial charge in [-0.25, -0.2) is 4.39 Å². The Morgan fingerprint density at radius 1 is 1.32 bits per heavy atom.